The maximum atomic E-state index is 12.2. The summed E-state index contributed by atoms with van der Waals surface area (Å²) in [6.07, 6.45) is 0.259. The number of hydrogen-bond donors (Lipinski definition) is 2. The van der Waals surface area contributed by atoms with Crippen LogP contribution in [-0.4, -0.2) is 41.0 Å². The average Bonchev–Trinajstić information content (AvgIpc) is 2.51. The lowest BCUT2D eigenvalue weighted by atomic mass is 10.1. The molecule has 0 aromatic heterocycles. The Balaban J connectivity index is 2.00. The van der Waals surface area contributed by atoms with Crippen molar-refractivity contribution in [3.8, 4) is 0 Å². The molecule has 0 radical (unpaired) electrons. The molecule has 0 unspecified atom stereocenters. The third-order valence-corrected chi connectivity index (χ3v) is 3.76. The summed E-state index contributed by atoms with van der Waals surface area (Å²) < 4.78 is 0. The smallest absolute Gasteiger partial charge is 0.317 e. The summed E-state index contributed by atoms with van der Waals surface area (Å²) in [5, 5.41) is 13.9. The van der Waals surface area contributed by atoms with E-state index in [1.165, 1.54) is 0 Å². The molecule has 0 aliphatic rings. The fourth-order valence-corrected chi connectivity index (χ4v) is 2.49. The van der Waals surface area contributed by atoms with Gasteiger partial charge >= 0.3 is 5.97 Å². The van der Waals surface area contributed by atoms with E-state index in [4.69, 9.17) is 5.11 Å². The van der Waals surface area contributed by atoms with E-state index in [0.717, 1.165) is 16.5 Å². The molecule has 2 rings (SSSR count). The molecule has 2 aromatic rings. The second kappa shape index (κ2) is 7.74. The minimum atomic E-state index is -0.881. The number of nitrogens with one attached hydrogen (secondary N) is 1. The maximum Gasteiger partial charge on any atom is 0.317 e. The van der Waals surface area contributed by atoms with Crippen LogP contribution in [0, 0.1) is 0 Å². The molecule has 122 valence electrons. The first kappa shape index (κ1) is 17.0. The quantitative estimate of drug-likeness (QED) is 0.824. The van der Waals surface area contributed by atoms with E-state index in [1.807, 2.05) is 56.3 Å². The monoisotopic (exact) mass is 314 g/mol. The molecule has 0 saturated heterocycles. The predicted octanol–water partition coefficient (Wildman–Crippen LogP) is 2.96. The van der Waals surface area contributed by atoms with Crippen LogP contribution in [0.5, 0.6) is 0 Å². The molecule has 0 bridgehead atoms. The molecule has 0 saturated carbocycles. The highest BCUT2D eigenvalue weighted by Gasteiger charge is 2.15. The van der Waals surface area contributed by atoms with E-state index >= 15 is 0 Å². The van der Waals surface area contributed by atoms with Crippen molar-refractivity contribution in [2.45, 2.75) is 26.3 Å². The number of aliphatic carboxylic acids is 1. The van der Waals surface area contributed by atoms with Crippen molar-refractivity contribution in [1.29, 1.82) is 0 Å². The standard InChI is InChI=1S/C18H22N2O3/c1-13(2)20(12-18(22)23)11-10-17(21)19-16-9-5-7-14-6-3-4-8-15(14)16/h3-9,13H,10-12H2,1-2H3,(H,19,21)(H,22,23). The largest absolute Gasteiger partial charge is 0.480 e. The van der Waals surface area contributed by atoms with Gasteiger partial charge in [-0.05, 0) is 25.3 Å². The van der Waals surface area contributed by atoms with Crippen LogP contribution < -0.4 is 5.32 Å². The van der Waals surface area contributed by atoms with Crippen molar-refractivity contribution in [3.05, 3.63) is 42.5 Å². The van der Waals surface area contributed by atoms with Gasteiger partial charge in [-0.1, -0.05) is 36.4 Å². The Kier molecular flexibility index (Phi) is 5.71. The number of anilines is 1. The highest BCUT2D eigenvalue weighted by Crippen LogP contribution is 2.23. The maximum absolute atomic E-state index is 12.2. The predicted molar refractivity (Wildman–Crippen MR) is 91.5 cm³/mol. The van der Waals surface area contributed by atoms with Gasteiger partial charge in [0.15, 0.2) is 0 Å². The summed E-state index contributed by atoms with van der Waals surface area (Å²) in [6, 6.07) is 13.7. The molecule has 0 spiro atoms. The zero-order chi connectivity index (χ0) is 16.8. The van der Waals surface area contributed by atoms with Crippen LogP contribution in [0.15, 0.2) is 42.5 Å². The fraction of sp³-hybridized carbons (Fsp3) is 0.333. The van der Waals surface area contributed by atoms with E-state index in [2.05, 4.69) is 5.32 Å². The molecule has 0 fully saturated rings. The molecular formula is C18H22N2O3. The first-order valence-corrected chi connectivity index (χ1v) is 7.71. The highest BCUT2D eigenvalue weighted by atomic mass is 16.4. The lowest BCUT2D eigenvalue weighted by molar-refractivity contribution is -0.139. The Morgan fingerprint density at radius 1 is 1.13 bits per heavy atom. The van der Waals surface area contributed by atoms with Gasteiger partial charge in [0, 0.05) is 30.1 Å². The van der Waals surface area contributed by atoms with Crippen molar-refractivity contribution in [2.75, 3.05) is 18.4 Å². The molecule has 0 atom stereocenters. The van der Waals surface area contributed by atoms with Crippen LogP contribution in [0.2, 0.25) is 0 Å². The Morgan fingerprint density at radius 2 is 1.83 bits per heavy atom. The molecule has 0 heterocycles. The topological polar surface area (TPSA) is 69.6 Å². The van der Waals surface area contributed by atoms with Crippen LogP contribution in [0.3, 0.4) is 0 Å². The number of hydrogen-bond acceptors (Lipinski definition) is 3. The zero-order valence-corrected chi connectivity index (χ0v) is 13.5. The van der Waals surface area contributed by atoms with E-state index in [-0.39, 0.29) is 24.9 Å². The number of rotatable bonds is 7. The van der Waals surface area contributed by atoms with E-state index in [1.54, 1.807) is 4.90 Å². The fourth-order valence-electron chi connectivity index (χ4n) is 2.49. The number of fused-ring (bicyclic) bond motifs is 1. The summed E-state index contributed by atoms with van der Waals surface area (Å²) in [5.41, 5.74) is 0.780. The lowest BCUT2D eigenvalue weighted by Crippen LogP contribution is -2.37. The molecule has 2 aromatic carbocycles. The normalized spacial score (nSPS) is 11.1. The van der Waals surface area contributed by atoms with Crippen LogP contribution in [0.4, 0.5) is 5.69 Å². The Bertz CT molecular complexity index is 692. The Hall–Kier alpha value is -2.40. The van der Waals surface area contributed by atoms with Gasteiger partial charge in [-0.3, -0.25) is 14.5 Å². The number of carboxylic acids is 1. The molecule has 5 nitrogen and oxygen atoms in total. The number of amides is 1. The second-order valence-corrected chi connectivity index (χ2v) is 5.78. The summed E-state index contributed by atoms with van der Waals surface area (Å²) in [5.74, 6) is -0.995. The third-order valence-electron chi connectivity index (χ3n) is 3.76. The van der Waals surface area contributed by atoms with E-state index < -0.39 is 5.97 Å². The van der Waals surface area contributed by atoms with Crippen LogP contribution in [-0.2, 0) is 9.59 Å². The van der Waals surface area contributed by atoms with Crippen molar-refractivity contribution < 1.29 is 14.7 Å². The first-order valence-electron chi connectivity index (χ1n) is 7.71. The first-order chi connectivity index (χ1) is 11.0. The average molecular weight is 314 g/mol. The molecule has 2 N–H and O–H groups in total. The second-order valence-electron chi connectivity index (χ2n) is 5.78. The summed E-state index contributed by atoms with van der Waals surface area (Å²) in [4.78, 5) is 24.8. The number of nitrogens with zero attached hydrogens (tertiary/aromatic N) is 1. The number of carbonyl (C=O) groups is 2. The van der Waals surface area contributed by atoms with Crippen molar-refractivity contribution >= 4 is 28.3 Å². The van der Waals surface area contributed by atoms with Gasteiger partial charge in [0.1, 0.15) is 0 Å². The lowest BCUT2D eigenvalue weighted by Gasteiger charge is -2.24. The molecule has 1 amide bonds. The zero-order valence-electron chi connectivity index (χ0n) is 13.5. The van der Waals surface area contributed by atoms with Gasteiger partial charge < -0.3 is 10.4 Å². The van der Waals surface area contributed by atoms with Gasteiger partial charge in [0.25, 0.3) is 0 Å². The van der Waals surface area contributed by atoms with Gasteiger partial charge in [0.05, 0.1) is 6.54 Å². The third kappa shape index (κ3) is 4.79. The number of carbonyl (C=O) groups excluding carboxylic acids is 1. The minimum absolute atomic E-state index is 0.0563. The van der Waals surface area contributed by atoms with E-state index in [0.29, 0.717) is 6.54 Å². The molecule has 0 aliphatic carbocycles. The van der Waals surface area contributed by atoms with Gasteiger partial charge in [-0.25, -0.2) is 0 Å². The summed E-state index contributed by atoms with van der Waals surface area (Å²) in [6.45, 7) is 4.21. The van der Waals surface area contributed by atoms with Crippen molar-refractivity contribution in [3.63, 3.8) is 0 Å². The summed E-state index contributed by atoms with van der Waals surface area (Å²) >= 11 is 0. The van der Waals surface area contributed by atoms with Crippen LogP contribution in [0.25, 0.3) is 10.8 Å². The molecule has 23 heavy (non-hydrogen) atoms. The minimum Gasteiger partial charge on any atom is -0.480 e. The highest BCUT2D eigenvalue weighted by molar-refractivity contribution is 6.02. The molecular weight excluding hydrogens is 292 g/mol. The van der Waals surface area contributed by atoms with Gasteiger partial charge in [-0.15, -0.1) is 0 Å². The Labute approximate surface area is 135 Å². The Morgan fingerprint density at radius 3 is 2.52 bits per heavy atom. The molecule has 5 heteroatoms. The number of benzene rings is 2. The van der Waals surface area contributed by atoms with Crippen LogP contribution >= 0.6 is 0 Å². The number of carboxylic acid groups (broad SMARTS) is 1. The van der Waals surface area contributed by atoms with Gasteiger partial charge in [-0.2, -0.15) is 0 Å². The van der Waals surface area contributed by atoms with Crippen LogP contribution in [0.1, 0.15) is 20.3 Å². The summed E-state index contributed by atoms with van der Waals surface area (Å²) in [7, 11) is 0. The molecule has 0 aliphatic heterocycles. The van der Waals surface area contributed by atoms with Crippen molar-refractivity contribution in [1.82, 2.24) is 4.90 Å². The van der Waals surface area contributed by atoms with Crippen molar-refractivity contribution in [2.24, 2.45) is 0 Å². The van der Waals surface area contributed by atoms with E-state index in [9.17, 15) is 9.59 Å². The van der Waals surface area contributed by atoms with Gasteiger partial charge in [0.2, 0.25) is 5.91 Å². The SMILES string of the molecule is CC(C)N(CCC(=O)Nc1cccc2ccccc12)CC(=O)O.